The fraction of sp³-hybridized carbons (Fsp3) is 0.462. The van der Waals surface area contributed by atoms with Crippen LogP contribution in [0.3, 0.4) is 0 Å². The number of carbonyl (C=O) groups is 1. The van der Waals surface area contributed by atoms with Gasteiger partial charge >= 0.3 is 0 Å². The van der Waals surface area contributed by atoms with Gasteiger partial charge in [-0.1, -0.05) is 18.2 Å². The van der Waals surface area contributed by atoms with Crippen LogP contribution in [0.25, 0.3) is 0 Å². The van der Waals surface area contributed by atoms with Crippen molar-refractivity contribution >= 4 is 5.91 Å². The first-order valence-electron chi connectivity index (χ1n) is 5.94. The molecule has 1 aliphatic heterocycles. The summed E-state index contributed by atoms with van der Waals surface area (Å²) in [6.07, 6.45) is 2.00. The zero-order valence-corrected chi connectivity index (χ0v) is 10.0. The number of benzene rings is 1. The molecule has 1 fully saturated rings. The molecule has 1 aliphatic rings. The van der Waals surface area contributed by atoms with Crippen LogP contribution in [0, 0.1) is 0 Å². The summed E-state index contributed by atoms with van der Waals surface area (Å²) in [5.74, 6) is 0.889. The molecule has 0 spiro atoms. The van der Waals surface area contributed by atoms with Gasteiger partial charge < -0.3 is 15.4 Å². The van der Waals surface area contributed by atoms with Gasteiger partial charge in [-0.25, -0.2) is 0 Å². The second-order valence-corrected chi connectivity index (χ2v) is 4.18. The molecular formula is C13H18N2O2. The quantitative estimate of drug-likeness (QED) is 0.819. The average Bonchev–Trinajstić information content (AvgIpc) is 2.90. The van der Waals surface area contributed by atoms with Crippen LogP contribution in [-0.4, -0.2) is 25.6 Å². The highest BCUT2D eigenvalue weighted by molar-refractivity contribution is 5.82. The number of carbonyl (C=O) groups excluding carboxylic acids is 1. The molecule has 17 heavy (non-hydrogen) atoms. The zero-order valence-electron chi connectivity index (χ0n) is 10.0. The molecular weight excluding hydrogens is 216 g/mol. The van der Waals surface area contributed by atoms with Crippen LogP contribution < -0.4 is 15.4 Å². The summed E-state index contributed by atoms with van der Waals surface area (Å²) in [7, 11) is 1.64. The third-order valence-corrected chi connectivity index (χ3v) is 3.02. The van der Waals surface area contributed by atoms with Crippen molar-refractivity contribution in [2.45, 2.75) is 25.4 Å². The van der Waals surface area contributed by atoms with E-state index < -0.39 is 0 Å². The number of rotatable bonds is 4. The van der Waals surface area contributed by atoms with Crippen LogP contribution >= 0.6 is 0 Å². The SMILES string of the molecule is COc1ccccc1CNC(=O)C1CCCN1. The highest BCUT2D eigenvalue weighted by atomic mass is 16.5. The Balaban J connectivity index is 1.90. The lowest BCUT2D eigenvalue weighted by Gasteiger charge is -2.12. The standard InChI is InChI=1S/C13H18N2O2/c1-17-12-7-3-2-5-10(12)9-15-13(16)11-6-4-8-14-11/h2-3,5,7,11,14H,4,6,8-9H2,1H3,(H,15,16). The fourth-order valence-corrected chi connectivity index (χ4v) is 2.06. The van der Waals surface area contributed by atoms with Gasteiger partial charge in [0, 0.05) is 12.1 Å². The monoisotopic (exact) mass is 234 g/mol. The van der Waals surface area contributed by atoms with Gasteiger partial charge in [-0.2, -0.15) is 0 Å². The summed E-state index contributed by atoms with van der Waals surface area (Å²) in [6.45, 7) is 1.45. The summed E-state index contributed by atoms with van der Waals surface area (Å²) in [4.78, 5) is 11.8. The van der Waals surface area contributed by atoms with Crippen molar-refractivity contribution in [3.05, 3.63) is 29.8 Å². The van der Waals surface area contributed by atoms with E-state index in [-0.39, 0.29) is 11.9 Å². The van der Waals surface area contributed by atoms with E-state index in [1.807, 2.05) is 24.3 Å². The molecule has 0 saturated carbocycles. The Hall–Kier alpha value is -1.55. The third-order valence-electron chi connectivity index (χ3n) is 3.02. The number of ether oxygens (including phenoxy) is 1. The molecule has 1 saturated heterocycles. The Kier molecular flexibility index (Phi) is 3.98. The van der Waals surface area contributed by atoms with Gasteiger partial charge in [-0.15, -0.1) is 0 Å². The highest BCUT2D eigenvalue weighted by Gasteiger charge is 2.21. The summed E-state index contributed by atoms with van der Waals surface area (Å²) in [6, 6.07) is 7.70. The number of para-hydroxylation sites is 1. The lowest BCUT2D eigenvalue weighted by Crippen LogP contribution is -2.40. The van der Waals surface area contributed by atoms with Gasteiger partial charge in [0.05, 0.1) is 13.2 Å². The van der Waals surface area contributed by atoms with Crippen LogP contribution in [0.5, 0.6) is 5.75 Å². The second-order valence-electron chi connectivity index (χ2n) is 4.18. The van der Waals surface area contributed by atoms with Crippen molar-refractivity contribution in [3.63, 3.8) is 0 Å². The molecule has 1 aromatic carbocycles. The number of methoxy groups -OCH3 is 1. The maximum Gasteiger partial charge on any atom is 0.237 e. The van der Waals surface area contributed by atoms with Crippen molar-refractivity contribution in [1.29, 1.82) is 0 Å². The van der Waals surface area contributed by atoms with E-state index in [1.165, 1.54) is 0 Å². The third kappa shape index (κ3) is 2.97. The predicted molar refractivity (Wildman–Crippen MR) is 65.9 cm³/mol. The number of hydrogen-bond acceptors (Lipinski definition) is 3. The molecule has 4 heteroatoms. The molecule has 2 rings (SSSR count). The van der Waals surface area contributed by atoms with Crippen molar-refractivity contribution in [2.75, 3.05) is 13.7 Å². The normalized spacial score (nSPS) is 19.0. The van der Waals surface area contributed by atoms with E-state index in [1.54, 1.807) is 7.11 Å². The molecule has 1 heterocycles. The van der Waals surface area contributed by atoms with Gasteiger partial charge in [0.2, 0.25) is 5.91 Å². The molecule has 4 nitrogen and oxygen atoms in total. The molecule has 0 aromatic heterocycles. The molecule has 0 radical (unpaired) electrons. The Morgan fingerprint density at radius 3 is 3.06 bits per heavy atom. The van der Waals surface area contributed by atoms with Crippen molar-refractivity contribution in [3.8, 4) is 5.75 Å². The first kappa shape index (κ1) is 11.9. The van der Waals surface area contributed by atoms with Crippen LogP contribution in [0.15, 0.2) is 24.3 Å². The summed E-state index contributed by atoms with van der Waals surface area (Å²) >= 11 is 0. The van der Waals surface area contributed by atoms with E-state index in [0.29, 0.717) is 6.54 Å². The summed E-state index contributed by atoms with van der Waals surface area (Å²) in [5, 5.41) is 6.11. The number of amides is 1. The minimum atomic E-state index is -0.0234. The Bertz CT molecular complexity index is 387. The van der Waals surface area contributed by atoms with E-state index in [0.717, 1.165) is 30.7 Å². The first-order chi connectivity index (χ1) is 8.31. The van der Waals surface area contributed by atoms with Crippen LogP contribution in [0.2, 0.25) is 0 Å². The molecule has 1 aromatic rings. The largest absolute Gasteiger partial charge is 0.496 e. The van der Waals surface area contributed by atoms with Crippen molar-refractivity contribution in [1.82, 2.24) is 10.6 Å². The molecule has 2 N–H and O–H groups in total. The summed E-state index contributed by atoms with van der Waals surface area (Å²) < 4.78 is 5.24. The molecule has 0 aliphatic carbocycles. The van der Waals surface area contributed by atoms with Gasteiger partial charge in [-0.3, -0.25) is 4.79 Å². The van der Waals surface area contributed by atoms with E-state index in [2.05, 4.69) is 10.6 Å². The Morgan fingerprint density at radius 2 is 2.35 bits per heavy atom. The first-order valence-corrected chi connectivity index (χ1v) is 5.94. The van der Waals surface area contributed by atoms with Gasteiger partial charge in [0.1, 0.15) is 5.75 Å². The summed E-state index contributed by atoms with van der Waals surface area (Å²) in [5.41, 5.74) is 1.00. The molecule has 1 amide bonds. The van der Waals surface area contributed by atoms with Crippen LogP contribution in [-0.2, 0) is 11.3 Å². The van der Waals surface area contributed by atoms with Gasteiger partial charge in [-0.05, 0) is 25.5 Å². The zero-order chi connectivity index (χ0) is 12.1. The van der Waals surface area contributed by atoms with Crippen LogP contribution in [0.4, 0.5) is 0 Å². The molecule has 0 bridgehead atoms. The van der Waals surface area contributed by atoms with Gasteiger partial charge in [0.25, 0.3) is 0 Å². The van der Waals surface area contributed by atoms with Crippen molar-refractivity contribution in [2.24, 2.45) is 0 Å². The van der Waals surface area contributed by atoms with Crippen LogP contribution in [0.1, 0.15) is 18.4 Å². The molecule has 1 atom stereocenters. The second kappa shape index (κ2) is 5.68. The molecule has 92 valence electrons. The van der Waals surface area contributed by atoms with E-state index in [9.17, 15) is 4.79 Å². The average molecular weight is 234 g/mol. The van der Waals surface area contributed by atoms with E-state index in [4.69, 9.17) is 4.74 Å². The minimum absolute atomic E-state index is 0.0234. The predicted octanol–water partition coefficient (Wildman–Crippen LogP) is 1.06. The lowest BCUT2D eigenvalue weighted by molar-refractivity contribution is -0.122. The fourth-order valence-electron chi connectivity index (χ4n) is 2.06. The van der Waals surface area contributed by atoms with Crippen molar-refractivity contribution < 1.29 is 9.53 Å². The number of hydrogen-bond donors (Lipinski definition) is 2. The minimum Gasteiger partial charge on any atom is -0.496 e. The number of nitrogens with one attached hydrogen (secondary N) is 2. The smallest absolute Gasteiger partial charge is 0.237 e. The Labute approximate surface area is 101 Å². The topological polar surface area (TPSA) is 50.4 Å². The van der Waals surface area contributed by atoms with Gasteiger partial charge in [0.15, 0.2) is 0 Å². The maximum absolute atomic E-state index is 11.8. The van der Waals surface area contributed by atoms with E-state index >= 15 is 0 Å². The highest BCUT2D eigenvalue weighted by Crippen LogP contribution is 2.16. The lowest BCUT2D eigenvalue weighted by atomic mass is 10.2. The Morgan fingerprint density at radius 1 is 1.53 bits per heavy atom. The molecule has 1 unspecified atom stereocenters. The maximum atomic E-state index is 11.8.